The molecule has 0 saturated carbocycles. The lowest BCUT2D eigenvalue weighted by atomic mass is 9.99. The van der Waals surface area contributed by atoms with Gasteiger partial charge in [0.2, 0.25) is 0 Å². The minimum absolute atomic E-state index is 0.264. The van der Waals surface area contributed by atoms with E-state index in [0.717, 1.165) is 0 Å². The van der Waals surface area contributed by atoms with Crippen LogP contribution in [0.4, 0.5) is 17.2 Å². The molecule has 0 unspecified atom stereocenters. The normalized spacial score (nSPS) is 16.0. The number of fused-ring (bicyclic) bond motifs is 1. The SMILES string of the molecule is Cc1ccccc1-c1c(C)cc(C)c(N2c3ccccc3N(C)[C@@H]2C)[n+]1C. The first-order chi connectivity index (χ1) is 12.9. The van der Waals surface area contributed by atoms with Crippen LogP contribution >= 0.6 is 0 Å². The number of hydrogen-bond acceptors (Lipinski definition) is 2. The van der Waals surface area contributed by atoms with Crippen LogP contribution in [0.1, 0.15) is 23.6 Å². The van der Waals surface area contributed by atoms with E-state index in [9.17, 15) is 0 Å². The Labute approximate surface area is 162 Å². The highest BCUT2D eigenvalue weighted by atomic mass is 15.4. The van der Waals surface area contributed by atoms with E-state index in [-0.39, 0.29) is 6.17 Å². The maximum absolute atomic E-state index is 2.46. The van der Waals surface area contributed by atoms with Crippen molar-refractivity contribution in [3.63, 3.8) is 0 Å². The maximum atomic E-state index is 2.46. The highest BCUT2D eigenvalue weighted by Crippen LogP contribution is 2.43. The average molecular weight is 359 g/mol. The third-order valence-corrected chi connectivity index (χ3v) is 5.90. The van der Waals surface area contributed by atoms with E-state index in [2.05, 4.69) is 111 Å². The number of hydrogen-bond donors (Lipinski definition) is 0. The molecule has 0 aliphatic carbocycles. The van der Waals surface area contributed by atoms with Crippen LogP contribution in [-0.2, 0) is 7.05 Å². The van der Waals surface area contributed by atoms with Gasteiger partial charge in [0.15, 0.2) is 11.9 Å². The Morgan fingerprint density at radius 2 is 1.44 bits per heavy atom. The third-order valence-electron chi connectivity index (χ3n) is 5.90. The topological polar surface area (TPSA) is 10.4 Å². The Bertz CT molecular complexity index is 1020. The molecule has 3 heteroatoms. The largest absolute Gasteiger partial charge is 0.333 e. The molecule has 0 N–H and O–H groups in total. The first-order valence-electron chi connectivity index (χ1n) is 9.59. The van der Waals surface area contributed by atoms with E-state index >= 15 is 0 Å². The summed E-state index contributed by atoms with van der Waals surface area (Å²) in [6.07, 6.45) is 0.264. The Morgan fingerprint density at radius 1 is 0.815 bits per heavy atom. The molecule has 1 aliphatic heterocycles. The first-order valence-corrected chi connectivity index (χ1v) is 9.59. The highest BCUT2D eigenvalue weighted by molar-refractivity contribution is 5.82. The van der Waals surface area contributed by atoms with Crippen molar-refractivity contribution in [3.8, 4) is 11.3 Å². The fraction of sp³-hybridized carbons (Fsp3) is 0.292. The van der Waals surface area contributed by atoms with Gasteiger partial charge in [0, 0.05) is 18.2 Å². The molecule has 0 fully saturated rings. The van der Waals surface area contributed by atoms with E-state index < -0.39 is 0 Å². The number of aromatic nitrogens is 1. The second kappa shape index (κ2) is 6.41. The Balaban J connectivity index is 1.98. The number of rotatable bonds is 2. The number of aryl methyl sites for hydroxylation is 3. The van der Waals surface area contributed by atoms with E-state index in [0.29, 0.717) is 0 Å². The van der Waals surface area contributed by atoms with Crippen molar-refractivity contribution in [3.05, 3.63) is 71.3 Å². The second-order valence-electron chi connectivity index (χ2n) is 7.66. The number of pyridine rings is 1. The summed E-state index contributed by atoms with van der Waals surface area (Å²) < 4.78 is 2.37. The summed E-state index contributed by atoms with van der Waals surface area (Å²) in [6, 6.07) is 19.7. The van der Waals surface area contributed by atoms with Gasteiger partial charge in [-0.2, -0.15) is 0 Å². The van der Waals surface area contributed by atoms with Crippen molar-refractivity contribution in [2.24, 2.45) is 7.05 Å². The van der Waals surface area contributed by atoms with Crippen LogP contribution in [0.15, 0.2) is 54.6 Å². The van der Waals surface area contributed by atoms with Gasteiger partial charge in [-0.15, -0.1) is 0 Å². The van der Waals surface area contributed by atoms with E-state index in [4.69, 9.17) is 0 Å². The van der Waals surface area contributed by atoms with Crippen LogP contribution in [0, 0.1) is 20.8 Å². The molecule has 3 nitrogen and oxygen atoms in total. The van der Waals surface area contributed by atoms with Crippen molar-refractivity contribution in [1.29, 1.82) is 0 Å². The lowest BCUT2D eigenvalue weighted by molar-refractivity contribution is -0.648. The van der Waals surface area contributed by atoms with Gasteiger partial charge >= 0.3 is 0 Å². The van der Waals surface area contributed by atoms with Crippen molar-refractivity contribution >= 4 is 17.2 Å². The van der Waals surface area contributed by atoms with Crippen LogP contribution in [-0.4, -0.2) is 13.2 Å². The van der Waals surface area contributed by atoms with Crippen molar-refractivity contribution in [2.75, 3.05) is 16.8 Å². The molecule has 3 aromatic rings. The molecular weight excluding hydrogens is 330 g/mol. The zero-order chi connectivity index (χ0) is 19.3. The predicted molar refractivity (Wildman–Crippen MR) is 114 cm³/mol. The molecule has 2 aromatic carbocycles. The molecule has 2 heterocycles. The van der Waals surface area contributed by atoms with Gasteiger partial charge in [0.25, 0.3) is 5.82 Å². The molecule has 0 radical (unpaired) electrons. The number of benzene rings is 2. The maximum Gasteiger partial charge on any atom is 0.286 e. The predicted octanol–water partition coefficient (Wildman–Crippen LogP) is 5.04. The average Bonchev–Trinajstić information content (AvgIpc) is 2.88. The molecule has 0 spiro atoms. The van der Waals surface area contributed by atoms with Gasteiger partial charge in [-0.05, 0) is 57.0 Å². The quantitative estimate of drug-likeness (QED) is 0.594. The lowest BCUT2D eigenvalue weighted by Crippen LogP contribution is -2.45. The van der Waals surface area contributed by atoms with Crippen LogP contribution in [0.3, 0.4) is 0 Å². The number of para-hydroxylation sites is 2. The van der Waals surface area contributed by atoms with E-state index in [1.165, 1.54) is 45.1 Å². The Morgan fingerprint density at radius 3 is 2.15 bits per heavy atom. The molecule has 1 atom stereocenters. The van der Waals surface area contributed by atoms with Gasteiger partial charge in [-0.3, -0.25) is 0 Å². The molecule has 4 rings (SSSR count). The number of nitrogens with zero attached hydrogens (tertiary/aromatic N) is 3. The molecular formula is C24H28N3+. The van der Waals surface area contributed by atoms with Gasteiger partial charge in [-0.1, -0.05) is 36.4 Å². The summed E-state index contributed by atoms with van der Waals surface area (Å²) >= 11 is 0. The molecule has 0 amide bonds. The van der Waals surface area contributed by atoms with E-state index in [1.54, 1.807) is 0 Å². The van der Waals surface area contributed by atoms with Crippen LogP contribution in [0.2, 0.25) is 0 Å². The third kappa shape index (κ3) is 2.61. The summed E-state index contributed by atoms with van der Waals surface area (Å²) in [6.45, 7) is 8.90. The molecule has 0 saturated heterocycles. The van der Waals surface area contributed by atoms with Crippen molar-refractivity contribution in [1.82, 2.24) is 0 Å². The first kappa shape index (κ1) is 17.6. The Hall–Kier alpha value is -2.81. The smallest absolute Gasteiger partial charge is 0.286 e. The summed E-state index contributed by atoms with van der Waals surface area (Å²) in [4.78, 5) is 4.81. The molecule has 1 aliphatic rings. The van der Waals surface area contributed by atoms with E-state index in [1.807, 2.05) is 0 Å². The summed E-state index contributed by atoms with van der Waals surface area (Å²) in [5.41, 5.74) is 9.04. The fourth-order valence-corrected chi connectivity index (χ4v) is 4.51. The fourth-order valence-electron chi connectivity index (χ4n) is 4.51. The summed E-state index contributed by atoms with van der Waals surface area (Å²) in [5, 5.41) is 0. The molecule has 27 heavy (non-hydrogen) atoms. The zero-order valence-corrected chi connectivity index (χ0v) is 17.1. The lowest BCUT2D eigenvalue weighted by Gasteiger charge is -2.24. The monoisotopic (exact) mass is 358 g/mol. The number of anilines is 3. The molecule has 0 bridgehead atoms. The van der Waals surface area contributed by atoms with Crippen LogP contribution in [0.25, 0.3) is 11.3 Å². The second-order valence-corrected chi connectivity index (χ2v) is 7.66. The summed E-state index contributed by atoms with van der Waals surface area (Å²) in [5.74, 6) is 1.25. The van der Waals surface area contributed by atoms with Crippen molar-refractivity contribution in [2.45, 2.75) is 33.9 Å². The van der Waals surface area contributed by atoms with Crippen LogP contribution < -0.4 is 14.4 Å². The minimum Gasteiger partial charge on any atom is -0.333 e. The van der Waals surface area contributed by atoms with Crippen molar-refractivity contribution < 1.29 is 4.57 Å². The van der Waals surface area contributed by atoms with Gasteiger partial charge in [0.1, 0.15) is 5.69 Å². The van der Waals surface area contributed by atoms with Gasteiger partial charge in [0.05, 0.1) is 12.7 Å². The van der Waals surface area contributed by atoms with Gasteiger partial charge in [-0.25, -0.2) is 9.47 Å². The van der Waals surface area contributed by atoms with Gasteiger partial charge < -0.3 is 4.90 Å². The molecule has 138 valence electrons. The Kier molecular flexibility index (Phi) is 4.18. The summed E-state index contributed by atoms with van der Waals surface area (Å²) in [7, 11) is 4.38. The highest BCUT2D eigenvalue weighted by Gasteiger charge is 2.40. The zero-order valence-electron chi connectivity index (χ0n) is 17.1. The van der Waals surface area contributed by atoms with Crippen LogP contribution in [0.5, 0.6) is 0 Å². The minimum atomic E-state index is 0.264. The standard InChI is InChI=1S/C24H28N3/c1-16-11-7-8-12-20(16)23-17(2)15-18(3)24(26(23)6)27-19(4)25(5)21-13-9-10-14-22(21)27/h7-15,19H,1-6H3/q+1/t19-/m0/s1. The molecule has 1 aromatic heterocycles.